The Hall–Kier alpha value is 0.240. The molecule has 0 aliphatic rings. The second-order valence-corrected chi connectivity index (χ2v) is 6.79. The monoisotopic (exact) mass is 385 g/mol. The first-order chi connectivity index (χ1) is 8.23. The van der Waals surface area contributed by atoms with E-state index in [0.717, 1.165) is 0 Å². The zero-order valence-electron chi connectivity index (χ0n) is 8.17. The third-order valence-electron chi connectivity index (χ3n) is 1.87. The van der Waals surface area contributed by atoms with Gasteiger partial charge in [-0.2, -0.15) is 22.0 Å². The van der Waals surface area contributed by atoms with E-state index in [1.54, 1.807) is 5.10 Å². The molecule has 1 rings (SSSR count). The molecule has 0 spiro atoms. The summed E-state index contributed by atoms with van der Waals surface area (Å²) >= 11 is 26.9. The highest BCUT2D eigenvalue weighted by molar-refractivity contribution is 6.75. The zero-order valence-corrected chi connectivity index (χ0v) is 12.0. The van der Waals surface area contributed by atoms with Crippen LogP contribution in [0.5, 0.6) is 0 Å². The SMILES string of the molecule is FC(F)(F)C(F)(F)c1nn[nH]c1C(Cl)(Cl)C(Cl)(Cl)Cl. The molecule has 0 aromatic carbocycles. The second kappa shape index (κ2) is 4.91. The van der Waals surface area contributed by atoms with Crippen molar-refractivity contribution >= 4 is 58.0 Å². The lowest BCUT2D eigenvalue weighted by atomic mass is 10.1. The summed E-state index contributed by atoms with van der Waals surface area (Å²) in [6, 6.07) is 0. The Bertz CT molecular complexity index is 424. The number of hydrogen-bond acceptors (Lipinski definition) is 2. The highest BCUT2D eigenvalue weighted by atomic mass is 35.6. The van der Waals surface area contributed by atoms with Crippen LogP contribution in [-0.2, 0) is 10.3 Å². The van der Waals surface area contributed by atoms with Crippen molar-refractivity contribution in [2.24, 2.45) is 0 Å². The molecule has 0 amide bonds. The molecule has 1 heterocycles. The minimum Gasteiger partial charge on any atom is -0.258 e. The highest BCUT2D eigenvalue weighted by Gasteiger charge is 2.64. The fourth-order valence-electron chi connectivity index (χ4n) is 0.943. The molecule has 0 unspecified atom stereocenters. The summed E-state index contributed by atoms with van der Waals surface area (Å²) in [5.74, 6) is -5.37. The van der Waals surface area contributed by atoms with Gasteiger partial charge < -0.3 is 0 Å². The standard InChI is InChI=1S/C6HCl5F5N3/c7-3(8,5(9,10)11)1-2(18-19-17-1)4(12,13)6(14,15)16/h(H,17,18,19). The smallest absolute Gasteiger partial charge is 0.258 e. The lowest BCUT2D eigenvalue weighted by molar-refractivity contribution is -0.291. The lowest BCUT2D eigenvalue weighted by Gasteiger charge is -2.28. The summed E-state index contributed by atoms with van der Waals surface area (Å²) in [5, 5.41) is 7.07. The van der Waals surface area contributed by atoms with E-state index in [0.29, 0.717) is 0 Å². The summed E-state index contributed by atoms with van der Waals surface area (Å²) in [6.07, 6.45) is -5.95. The summed E-state index contributed by atoms with van der Waals surface area (Å²) in [5.41, 5.74) is -3.05. The van der Waals surface area contributed by atoms with Crippen LogP contribution in [0.25, 0.3) is 0 Å². The third kappa shape index (κ3) is 2.97. The van der Waals surface area contributed by atoms with E-state index in [9.17, 15) is 22.0 Å². The summed E-state index contributed by atoms with van der Waals surface area (Å²) in [7, 11) is 0. The Morgan fingerprint density at radius 2 is 1.37 bits per heavy atom. The third-order valence-corrected chi connectivity index (χ3v) is 4.25. The van der Waals surface area contributed by atoms with Gasteiger partial charge in [0.1, 0.15) is 5.69 Å². The first kappa shape index (κ1) is 17.3. The van der Waals surface area contributed by atoms with E-state index >= 15 is 0 Å². The van der Waals surface area contributed by atoms with E-state index in [1.807, 2.05) is 0 Å². The Kier molecular flexibility index (Phi) is 4.47. The van der Waals surface area contributed by atoms with Gasteiger partial charge in [-0.05, 0) is 0 Å². The molecule has 3 nitrogen and oxygen atoms in total. The van der Waals surface area contributed by atoms with E-state index in [4.69, 9.17) is 58.0 Å². The van der Waals surface area contributed by atoms with Crippen molar-refractivity contribution in [3.05, 3.63) is 11.4 Å². The van der Waals surface area contributed by atoms with Crippen LogP contribution in [0.15, 0.2) is 0 Å². The zero-order chi connectivity index (χ0) is 15.3. The van der Waals surface area contributed by atoms with Crippen LogP contribution in [0, 0.1) is 0 Å². The van der Waals surface area contributed by atoms with Crippen molar-refractivity contribution in [3.8, 4) is 0 Å². The molecule has 110 valence electrons. The topological polar surface area (TPSA) is 41.6 Å². The summed E-state index contributed by atoms with van der Waals surface area (Å²) < 4.78 is 57.7. The molecular formula is C6HCl5F5N3. The molecule has 0 fully saturated rings. The van der Waals surface area contributed by atoms with E-state index in [2.05, 4.69) is 10.3 Å². The molecule has 0 saturated carbocycles. The van der Waals surface area contributed by atoms with Crippen LogP contribution in [0.1, 0.15) is 11.4 Å². The molecule has 0 saturated heterocycles. The molecule has 1 aromatic heterocycles. The molecule has 13 heteroatoms. The van der Waals surface area contributed by atoms with Gasteiger partial charge in [-0.3, -0.25) is 5.10 Å². The van der Waals surface area contributed by atoms with Crippen LogP contribution < -0.4 is 0 Å². The van der Waals surface area contributed by atoms with E-state index < -0.39 is 31.6 Å². The maximum absolute atomic E-state index is 13.2. The van der Waals surface area contributed by atoms with Gasteiger partial charge in [0.05, 0.1) is 0 Å². The van der Waals surface area contributed by atoms with Crippen LogP contribution in [-0.4, -0.2) is 25.4 Å². The van der Waals surface area contributed by atoms with Crippen LogP contribution >= 0.6 is 58.0 Å². The molecule has 0 aliphatic heterocycles. The van der Waals surface area contributed by atoms with Crippen molar-refractivity contribution in [2.45, 2.75) is 20.2 Å². The molecule has 1 aromatic rings. The van der Waals surface area contributed by atoms with Crippen LogP contribution in [0.4, 0.5) is 22.0 Å². The van der Waals surface area contributed by atoms with Crippen molar-refractivity contribution in [1.82, 2.24) is 15.4 Å². The largest absolute Gasteiger partial charge is 0.459 e. The van der Waals surface area contributed by atoms with Crippen molar-refractivity contribution in [1.29, 1.82) is 0 Å². The van der Waals surface area contributed by atoms with E-state index in [1.165, 1.54) is 0 Å². The number of aromatic amines is 1. The predicted octanol–water partition coefficient (Wildman–Crippen LogP) is 4.46. The van der Waals surface area contributed by atoms with Gasteiger partial charge >= 0.3 is 12.1 Å². The molecule has 0 radical (unpaired) electrons. The summed E-state index contributed by atoms with van der Waals surface area (Å²) in [4.78, 5) is 0. The minimum absolute atomic E-state index is 1.17. The Balaban J connectivity index is 3.43. The van der Waals surface area contributed by atoms with Gasteiger partial charge in [-0.25, -0.2) is 0 Å². The van der Waals surface area contributed by atoms with Gasteiger partial charge in [-0.1, -0.05) is 63.2 Å². The molecular weight excluding hydrogens is 386 g/mol. The Labute approximate surface area is 127 Å². The fourth-order valence-corrected chi connectivity index (χ4v) is 1.49. The van der Waals surface area contributed by atoms with E-state index in [-0.39, 0.29) is 0 Å². The number of hydrogen-bond donors (Lipinski definition) is 1. The first-order valence-corrected chi connectivity index (χ1v) is 5.93. The maximum atomic E-state index is 13.2. The first-order valence-electron chi connectivity index (χ1n) is 4.04. The van der Waals surface area contributed by atoms with Crippen molar-refractivity contribution in [3.63, 3.8) is 0 Å². The Morgan fingerprint density at radius 1 is 0.895 bits per heavy atom. The average molecular weight is 387 g/mol. The molecule has 19 heavy (non-hydrogen) atoms. The molecule has 0 bridgehead atoms. The van der Waals surface area contributed by atoms with Gasteiger partial charge in [-0.15, -0.1) is 5.10 Å². The molecule has 0 atom stereocenters. The predicted molar refractivity (Wildman–Crippen MR) is 60.0 cm³/mol. The number of nitrogens with one attached hydrogen (secondary N) is 1. The van der Waals surface area contributed by atoms with Gasteiger partial charge in [0.2, 0.25) is 8.13 Å². The molecule has 0 aliphatic carbocycles. The second-order valence-electron chi connectivity index (χ2n) is 3.18. The van der Waals surface area contributed by atoms with Crippen LogP contribution in [0.2, 0.25) is 0 Å². The number of alkyl halides is 10. The Morgan fingerprint density at radius 3 is 1.74 bits per heavy atom. The number of aromatic nitrogens is 3. The number of rotatable bonds is 2. The van der Waals surface area contributed by atoms with Gasteiger partial charge in [0.15, 0.2) is 5.69 Å². The minimum atomic E-state index is -5.95. The average Bonchev–Trinajstić information content (AvgIpc) is 2.62. The normalized spacial score (nSPS) is 14.8. The number of halogens is 10. The molecule has 1 N–H and O–H groups in total. The van der Waals surface area contributed by atoms with Crippen molar-refractivity contribution < 1.29 is 22.0 Å². The lowest BCUT2D eigenvalue weighted by Crippen LogP contribution is -2.38. The quantitative estimate of drug-likeness (QED) is 0.601. The van der Waals surface area contributed by atoms with Gasteiger partial charge in [0, 0.05) is 0 Å². The fraction of sp³-hybridized carbons (Fsp3) is 0.667. The highest BCUT2D eigenvalue weighted by Crippen LogP contribution is 2.55. The van der Waals surface area contributed by atoms with Gasteiger partial charge in [0.25, 0.3) is 0 Å². The summed E-state index contributed by atoms with van der Waals surface area (Å²) in [6.45, 7) is 0. The number of H-pyrrole nitrogens is 1. The van der Waals surface area contributed by atoms with Crippen molar-refractivity contribution in [2.75, 3.05) is 0 Å². The maximum Gasteiger partial charge on any atom is 0.459 e. The van der Waals surface area contributed by atoms with Crippen LogP contribution in [0.3, 0.4) is 0 Å². The number of nitrogens with zero attached hydrogens (tertiary/aromatic N) is 2.